The third-order valence-corrected chi connectivity index (χ3v) is 6.78. The molecule has 1 atom stereocenters. The minimum Gasteiger partial charge on any atom is -0.383 e. The number of nitrogens with two attached hydrogens (primary N) is 1. The smallest absolute Gasteiger partial charge is 0.246 e. The molecule has 2 N–H and O–H groups in total. The minimum absolute atomic E-state index is 0.0322. The molecule has 37 heavy (non-hydrogen) atoms. The van der Waals surface area contributed by atoms with Crippen LogP contribution in [0.15, 0.2) is 67.5 Å². The standard InChI is InChI=1S/C28H27FN6O2/c1-2-24(37)34-15-3-4-22(16-34)35-28-25(27(30)31-17-32-28)26(33-35)20-8-5-18(6-9-20)7-14-23(36)19-10-12-21(29)13-11-19/h2,5-6,8-13,17,22H,1,3-4,7,14-16H2,(H2,30,31,32)/t22-/m1/s1. The van der Waals surface area contributed by atoms with Crippen LogP contribution < -0.4 is 5.73 Å². The van der Waals surface area contributed by atoms with Crippen molar-refractivity contribution in [3.63, 3.8) is 0 Å². The number of hydrogen-bond acceptors (Lipinski definition) is 6. The first kappa shape index (κ1) is 24.3. The zero-order chi connectivity index (χ0) is 25.9. The van der Waals surface area contributed by atoms with Crippen LogP contribution >= 0.6 is 0 Å². The molecule has 2 aromatic carbocycles. The first-order chi connectivity index (χ1) is 17.9. The Morgan fingerprint density at radius 3 is 2.59 bits per heavy atom. The van der Waals surface area contributed by atoms with Crippen LogP contribution in [0.1, 0.15) is 41.2 Å². The van der Waals surface area contributed by atoms with Gasteiger partial charge in [-0.05, 0) is 55.2 Å². The number of aromatic nitrogens is 4. The summed E-state index contributed by atoms with van der Waals surface area (Å²) < 4.78 is 15.0. The molecule has 0 radical (unpaired) electrons. The summed E-state index contributed by atoms with van der Waals surface area (Å²) in [6.07, 6.45) is 5.37. The van der Waals surface area contributed by atoms with Gasteiger partial charge in [0.15, 0.2) is 11.4 Å². The van der Waals surface area contributed by atoms with E-state index >= 15 is 0 Å². The summed E-state index contributed by atoms with van der Waals surface area (Å²) in [5.41, 5.74) is 9.93. The van der Waals surface area contributed by atoms with Crippen molar-refractivity contribution >= 4 is 28.5 Å². The lowest BCUT2D eigenvalue weighted by molar-refractivity contribution is -0.127. The molecule has 0 bridgehead atoms. The van der Waals surface area contributed by atoms with Crippen molar-refractivity contribution in [3.05, 3.63) is 84.5 Å². The minimum atomic E-state index is -0.362. The first-order valence-corrected chi connectivity index (χ1v) is 12.2. The largest absolute Gasteiger partial charge is 0.383 e. The van der Waals surface area contributed by atoms with E-state index in [1.807, 2.05) is 28.9 Å². The number of Topliss-reactive ketones (excluding diaryl/α,β-unsaturated/α-hetero) is 1. The molecule has 0 saturated carbocycles. The van der Waals surface area contributed by atoms with E-state index in [1.165, 1.54) is 36.7 Å². The Balaban J connectivity index is 1.39. The van der Waals surface area contributed by atoms with Gasteiger partial charge in [0.2, 0.25) is 5.91 Å². The first-order valence-electron chi connectivity index (χ1n) is 12.2. The van der Waals surface area contributed by atoms with Crippen molar-refractivity contribution in [2.45, 2.75) is 31.7 Å². The predicted octanol–water partition coefficient (Wildman–Crippen LogP) is 4.38. The van der Waals surface area contributed by atoms with E-state index in [0.29, 0.717) is 54.0 Å². The highest BCUT2D eigenvalue weighted by Gasteiger charge is 2.28. The van der Waals surface area contributed by atoms with Crippen molar-refractivity contribution in [2.75, 3.05) is 18.8 Å². The lowest BCUT2D eigenvalue weighted by Crippen LogP contribution is -2.40. The van der Waals surface area contributed by atoms with Crippen LogP contribution in [-0.2, 0) is 11.2 Å². The molecular formula is C28H27FN6O2. The molecule has 0 aliphatic carbocycles. The van der Waals surface area contributed by atoms with Crippen molar-refractivity contribution in [1.82, 2.24) is 24.6 Å². The summed E-state index contributed by atoms with van der Waals surface area (Å²) in [5.74, 6) is -0.145. The Labute approximate surface area is 213 Å². The lowest BCUT2D eigenvalue weighted by atomic mass is 10.0. The Kier molecular flexibility index (Phi) is 6.76. The Morgan fingerprint density at radius 1 is 1.11 bits per heavy atom. The molecular weight excluding hydrogens is 471 g/mol. The average molecular weight is 499 g/mol. The van der Waals surface area contributed by atoms with Crippen LogP contribution in [0.25, 0.3) is 22.3 Å². The molecule has 4 aromatic rings. The molecule has 9 heteroatoms. The summed E-state index contributed by atoms with van der Waals surface area (Å²) >= 11 is 0. The van der Waals surface area contributed by atoms with Gasteiger partial charge in [-0.15, -0.1) is 0 Å². The zero-order valence-electron chi connectivity index (χ0n) is 20.3. The second-order valence-electron chi connectivity index (χ2n) is 9.16. The summed E-state index contributed by atoms with van der Waals surface area (Å²) in [4.78, 5) is 35.1. The highest BCUT2D eigenvalue weighted by atomic mass is 19.1. The van der Waals surface area contributed by atoms with Crippen LogP contribution in [-0.4, -0.2) is 49.4 Å². The fourth-order valence-corrected chi connectivity index (χ4v) is 4.80. The van der Waals surface area contributed by atoms with Gasteiger partial charge in [-0.25, -0.2) is 19.0 Å². The molecule has 1 saturated heterocycles. The van der Waals surface area contributed by atoms with E-state index in [1.54, 1.807) is 4.90 Å². The third-order valence-electron chi connectivity index (χ3n) is 6.78. The van der Waals surface area contributed by atoms with Crippen molar-refractivity contribution in [2.24, 2.45) is 0 Å². The number of benzene rings is 2. The van der Waals surface area contributed by atoms with E-state index in [0.717, 1.165) is 24.0 Å². The second kappa shape index (κ2) is 10.3. The summed E-state index contributed by atoms with van der Waals surface area (Å²) in [6, 6.07) is 13.4. The maximum absolute atomic E-state index is 13.1. The van der Waals surface area contributed by atoms with Gasteiger partial charge in [-0.2, -0.15) is 5.10 Å². The third kappa shape index (κ3) is 4.97. The molecule has 1 aliphatic heterocycles. The number of rotatable bonds is 7. The number of likely N-dealkylation sites (tertiary alicyclic amines) is 1. The molecule has 8 nitrogen and oxygen atoms in total. The average Bonchev–Trinajstić information content (AvgIpc) is 3.33. The summed E-state index contributed by atoms with van der Waals surface area (Å²) in [5, 5.41) is 5.57. The number of ketones is 1. The van der Waals surface area contributed by atoms with Crippen LogP contribution in [0, 0.1) is 5.82 Å². The maximum Gasteiger partial charge on any atom is 0.246 e. The highest BCUT2D eigenvalue weighted by molar-refractivity contribution is 5.98. The SMILES string of the molecule is C=CC(=O)N1CCC[C@@H](n2nc(-c3ccc(CCC(=O)c4ccc(F)cc4)cc3)c3c(N)ncnc32)C1. The molecule has 188 valence electrons. The fraction of sp³-hybridized carbons (Fsp3) is 0.250. The van der Waals surface area contributed by atoms with Gasteiger partial charge in [-0.3, -0.25) is 9.59 Å². The van der Waals surface area contributed by atoms with Gasteiger partial charge in [0.25, 0.3) is 0 Å². The van der Waals surface area contributed by atoms with Gasteiger partial charge in [0, 0.05) is 30.6 Å². The molecule has 1 fully saturated rings. The quantitative estimate of drug-likeness (QED) is 0.299. The van der Waals surface area contributed by atoms with Crippen LogP contribution in [0.5, 0.6) is 0 Å². The van der Waals surface area contributed by atoms with Gasteiger partial charge in [0.1, 0.15) is 23.7 Å². The number of amides is 1. The number of hydrogen-bond donors (Lipinski definition) is 1. The van der Waals surface area contributed by atoms with Gasteiger partial charge < -0.3 is 10.6 Å². The number of fused-ring (bicyclic) bond motifs is 1. The monoisotopic (exact) mass is 498 g/mol. The molecule has 1 aliphatic rings. The topological polar surface area (TPSA) is 107 Å². The number of carbonyl (C=O) groups excluding carboxylic acids is 2. The van der Waals surface area contributed by atoms with Crippen molar-refractivity contribution < 1.29 is 14.0 Å². The molecule has 0 unspecified atom stereocenters. The normalized spacial score (nSPS) is 15.6. The zero-order valence-corrected chi connectivity index (χ0v) is 20.3. The molecule has 1 amide bonds. The van der Waals surface area contributed by atoms with Gasteiger partial charge in [0.05, 0.1) is 11.4 Å². The molecule has 5 rings (SSSR count). The summed E-state index contributed by atoms with van der Waals surface area (Å²) in [6.45, 7) is 4.81. The van der Waals surface area contributed by atoms with Crippen molar-refractivity contribution in [1.29, 1.82) is 0 Å². The lowest BCUT2D eigenvalue weighted by Gasteiger charge is -2.32. The van der Waals surface area contributed by atoms with E-state index in [2.05, 4.69) is 16.5 Å². The number of piperidine rings is 1. The van der Waals surface area contributed by atoms with E-state index < -0.39 is 0 Å². The molecule has 0 spiro atoms. The number of carbonyl (C=O) groups is 2. The number of nitrogens with zero attached hydrogens (tertiary/aromatic N) is 5. The maximum atomic E-state index is 13.1. The Hall–Kier alpha value is -4.40. The van der Waals surface area contributed by atoms with E-state index in [-0.39, 0.29) is 23.5 Å². The summed E-state index contributed by atoms with van der Waals surface area (Å²) in [7, 11) is 0. The van der Waals surface area contributed by atoms with Crippen molar-refractivity contribution in [3.8, 4) is 11.3 Å². The van der Waals surface area contributed by atoms with Crippen LogP contribution in [0.4, 0.5) is 10.2 Å². The van der Waals surface area contributed by atoms with Crippen LogP contribution in [0.3, 0.4) is 0 Å². The fourth-order valence-electron chi connectivity index (χ4n) is 4.80. The number of nitrogen functional groups attached to an aromatic ring is 1. The number of aryl methyl sites for hydroxylation is 1. The van der Waals surface area contributed by atoms with Crippen LogP contribution in [0.2, 0.25) is 0 Å². The number of halogens is 1. The Bertz CT molecular complexity index is 1460. The Morgan fingerprint density at radius 2 is 1.86 bits per heavy atom. The predicted molar refractivity (Wildman–Crippen MR) is 139 cm³/mol. The van der Waals surface area contributed by atoms with E-state index in [4.69, 9.17) is 10.8 Å². The number of anilines is 1. The molecule has 3 heterocycles. The molecule has 2 aromatic heterocycles. The highest BCUT2D eigenvalue weighted by Crippen LogP contribution is 2.34. The second-order valence-corrected chi connectivity index (χ2v) is 9.16. The van der Waals surface area contributed by atoms with Gasteiger partial charge in [-0.1, -0.05) is 30.8 Å². The van der Waals surface area contributed by atoms with E-state index in [9.17, 15) is 14.0 Å². The van der Waals surface area contributed by atoms with Gasteiger partial charge >= 0.3 is 0 Å².